The first-order valence-corrected chi connectivity index (χ1v) is 27.0. The molecule has 0 saturated carbocycles. The second-order valence-corrected chi connectivity index (χ2v) is 19.3. The molecule has 0 saturated heterocycles. The van der Waals surface area contributed by atoms with Crippen LogP contribution in [0.3, 0.4) is 0 Å². The minimum absolute atomic E-state index is 1.03. The molecule has 0 amide bonds. The Labute approximate surface area is 374 Å². The quantitative estimate of drug-likeness (QED) is 0.0398. The molecule has 0 atom stereocenters. The molecule has 0 aliphatic carbocycles. The molecule has 0 N–H and O–H groups in total. The molecule has 0 bridgehead atoms. The van der Waals surface area contributed by atoms with E-state index in [0.717, 1.165) is 62.8 Å². The van der Waals surface area contributed by atoms with Crippen molar-refractivity contribution >= 4 is 11.4 Å². The van der Waals surface area contributed by atoms with Crippen LogP contribution < -0.4 is 0 Å². The number of benzene rings is 2. The van der Waals surface area contributed by atoms with Gasteiger partial charge < -0.3 is 5.53 Å². The van der Waals surface area contributed by atoms with E-state index in [1.165, 1.54) is 161 Å². The van der Waals surface area contributed by atoms with E-state index in [4.69, 9.17) is 0 Å². The second-order valence-electron chi connectivity index (χ2n) is 17.4. The topological polar surface area (TPSA) is 25.3 Å². The Morgan fingerprint density at radius 3 is 0.966 bits per heavy atom. The molecule has 2 aromatic carbocycles. The molecule has 1 aliphatic rings. The van der Waals surface area contributed by atoms with Crippen molar-refractivity contribution in [2.45, 2.75) is 260 Å². The molecule has 1 aliphatic heterocycles. The molecule has 0 spiro atoms. The van der Waals surface area contributed by atoms with Gasteiger partial charge in [-0.3, -0.25) is 0 Å². The number of hydrogen-bond donors (Lipinski definition) is 0. The van der Waals surface area contributed by atoms with E-state index in [0.29, 0.717) is 0 Å². The van der Waals surface area contributed by atoms with Gasteiger partial charge in [0, 0.05) is 22.3 Å². The van der Waals surface area contributed by atoms with E-state index in [-0.39, 0.29) is 0 Å². The molecule has 2 aromatic rings. The third kappa shape index (κ3) is 17.7. The van der Waals surface area contributed by atoms with E-state index < -0.39 is 0 Å². The summed E-state index contributed by atoms with van der Waals surface area (Å²) in [5, 5.41) is 2.56. The average molecular weight is 854 g/mol. The Hall–Kier alpha value is -1.99. The summed E-state index contributed by atoms with van der Waals surface area (Å²) in [6.45, 7) is 23.0. The Morgan fingerprint density at radius 2 is 0.644 bits per heavy atom. The van der Waals surface area contributed by atoms with Crippen molar-refractivity contribution in [2.24, 2.45) is 0 Å². The zero-order valence-corrected chi connectivity index (χ0v) is 41.7. The predicted molar refractivity (Wildman–Crippen MR) is 260 cm³/mol. The summed E-state index contributed by atoms with van der Waals surface area (Å²) in [6.07, 6.45) is 33.7. The monoisotopic (exact) mass is 853 g/mol. The second kappa shape index (κ2) is 32.7. The maximum atomic E-state index is 12.9. The zero-order valence-electron chi connectivity index (χ0n) is 40.7. The van der Waals surface area contributed by atoms with Gasteiger partial charge >= 0.3 is 39.1 Å². The van der Waals surface area contributed by atoms with Crippen molar-refractivity contribution in [3.8, 4) is 0 Å². The molecule has 1 heterocycles. The molecule has 338 valence electrons. The standard InChI is InChI=1S/C52H84N2.2C2H5.Ni/c1-9-17-25-26-27-28-36-50-49(35-24-16-8)51(45-37-41(29-18-10-2)47(33-22-14-6)42(38-45)30-19-11-3)54(53)52(50)46-39-43(31-20-12-4)48(34-23-15-7)44(40-46)32-21-13-5;2*1-2;/h37-40H,9-36H2,1-8H3;2*1H2,2H3;. The van der Waals surface area contributed by atoms with Crippen LogP contribution >= 0.6 is 0 Å². The molecule has 0 aromatic heterocycles. The third-order valence-electron chi connectivity index (χ3n) is 12.4. The van der Waals surface area contributed by atoms with Crippen molar-refractivity contribution < 1.29 is 19.1 Å². The molecule has 0 unspecified atom stereocenters. The summed E-state index contributed by atoms with van der Waals surface area (Å²) in [5.41, 5.74) is 29.8. The van der Waals surface area contributed by atoms with Crippen molar-refractivity contribution in [1.82, 2.24) is 0 Å². The molecule has 3 heteroatoms. The fourth-order valence-corrected chi connectivity index (χ4v) is 9.45. The molecular formula is C56H94N2Ni. The minimum atomic E-state index is 1.03. The van der Waals surface area contributed by atoms with Crippen molar-refractivity contribution in [2.75, 3.05) is 0 Å². The molecule has 59 heavy (non-hydrogen) atoms. The van der Waals surface area contributed by atoms with E-state index in [9.17, 15) is 5.53 Å². The van der Waals surface area contributed by atoms with Crippen molar-refractivity contribution in [3.05, 3.63) is 85.5 Å². The first-order chi connectivity index (χ1) is 28.8. The number of rotatable bonds is 32. The van der Waals surface area contributed by atoms with Crippen LogP contribution in [0.1, 0.15) is 255 Å². The fraction of sp³-hybridized carbons (Fsp3) is 0.714. The number of allylic oxidation sites excluding steroid dienone is 2. The van der Waals surface area contributed by atoms with E-state index >= 15 is 0 Å². The van der Waals surface area contributed by atoms with Gasteiger partial charge in [-0.2, -0.15) is 0 Å². The Morgan fingerprint density at radius 1 is 0.356 bits per heavy atom. The fourth-order valence-electron chi connectivity index (χ4n) is 8.96. The van der Waals surface area contributed by atoms with Gasteiger partial charge in [0.25, 0.3) is 0 Å². The number of hydrogen-bond acceptors (Lipinski definition) is 0. The SMILES string of the molecule is CCCCCCCCC1=C(c2cc(CCCC)c(CCCC)c(CCCC)c2)[N+](=[N-])C(c2cc(CCCC)c(CCCC)c(CCCC)c2)=C1CCCC.C[CH2][Ni][CH2]C. The van der Waals surface area contributed by atoms with E-state index in [2.05, 4.69) is 93.5 Å². The van der Waals surface area contributed by atoms with Crippen LogP contribution in [-0.4, -0.2) is 4.70 Å². The molecule has 0 fully saturated rings. The Balaban J connectivity index is 0.00000225. The van der Waals surface area contributed by atoms with Gasteiger partial charge in [0.1, 0.15) is 0 Å². The Kier molecular flexibility index (Phi) is 29.4. The van der Waals surface area contributed by atoms with Crippen molar-refractivity contribution in [1.29, 1.82) is 0 Å². The summed E-state index contributed by atoms with van der Waals surface area (Å²) in [5.74, 6) is 0. The predicted octanol–water partition coefficient (Wildman–Crippen LogP) is 18.8. The molecule has 0 radical (unpaired) electrons. The first kappa shape index (κ1) is 53.2. The Bertz CT molecular complexity index is 1470. The number of nitrogens with zero attached hydrogens (tertiary/aromatic N) is 2. The summed E-state index contributed by atoms with van der Waals surface area (Å²) in [6, 6.07) is 10.1. The van der Waals surface area contributed by atoms with Gasteiger partial charge in [-0.25, -0.2) is 4.70 Å². The van der Waals surface area contributed by atoms with E-state index in [1.54, 1.807) is 38.1 Å². The van der Waals surface area contributed by atoms with Gasteiger partial charge in [-0.15, -0.1) is 0 Å². The van der Waals surface area contributed by atoms with E-state index in [1.807, 2.05) is 14.4 Å². The van der Waals surface area contributed by atoms with Crippen molar-refractivity contribution in [3.63, 3.8) is 0 Å². The van der Waals surface area contributed by atoms with Crippen LogP contribution in [0.2, 0.25) is 10.8 Å². The summed E-state index contributed by atoms with van der Waals surface area (Å²) in [7, 11) is 0. The van der Waals surface area contributed by atoms with Gasteiger partial charge in [0.05, 0.1) is 0 Å². The van der Waals surface area contributed by atoms with Crippen LogP contribution in [0.5, 0.6) is 0 Å². The van der Waals surface area contributed by atoms with Crippen LogP contribution in [0.15, 0.2) is 35.4 Å². The van der Waals surface area contributed by atoms with Gasteiger partial charge in [-0.05, 0) is 160 Å². The molecule has 3 rings (SSSR count). The summed E-state index contributed by atoms with van der Waals surface area (Å²) in [4.78, 5) is 0. The van der Waals surface area contributed by atoms with Gasteiger partial charge in [-0.1, -0.05) is 132 Å². The number of aryl methyl sites for hydroxylation is 4. The van der Waals surface area contributed by atoms with Crippen LogP contribution in [-0.2, 0) is 53.0 Å². The maximum absolute atomic E-state index is 12.9. The third-order valence-corrected chi connectivity index (χ3v) is 13.4. The zero-order chi connectivity index (χ0) is 43.3. The molecular weight excluding hydrogens is 759 g/mol. The van der Waals surface area contributed by atoms with Gasteiger partial charge in [0.15, 0.2) is 0 Å². The summed E-state index contributed by atoms with van der Waals surface area (Å²) < 4.78 is 1.72. The van der Waals surface area contributed by atoms with Gasteiger partial charge in [0.2, 0.25) is 11.4 Å². The van der Waals surface area contributed by atoms with Crippen LogP contribution in [0, 0.1) is 0 Å². The molecule has 2 nitrogen and oxygen atoms in total. The van der Waals surface area contributed by atoms with Crippen LogP contribution in [0.4, 0.5) is 0 Å². The van der Waals surface area contributed by atoms with Crippen LogP contribution in [0.25, 0.3) is 16.9 Å². The average Bonchev–Trinajstić information content (AvgIpc) is 3.52. The normalized spacial score (nSPS) is 12.9. The first-order valence-electron chi connectivity index (χ1n) is 25.6. The summed E-state index contributed by atoms with van der Waals surface area (Å²) >= 11 is 1.82. The number of unbranched alkanes of at least 4 members (excludes halogenated alkanes) is 12.